The molecule has 0 radical (unpaired) electrons. The number of carboxylic acid groups (broad SMARTS) is 1. The van der Waals surface area contributed by atoms with Crippen LogP contribution in [-0.2, 0) is 14.3 Å². The quantitative estimate of drug-likeness (QED) is 0.820. The van der Waals surface area contributed by atoms with E-state index < -0.39 is 11.6 Å². The molecule has 2 aliphatic rings. The van der Waals surface area contributed by atoms with Crippen molar-refractivity contribution in [2.75, 3.05) is 19.7 Å². The molecule has 6 heteroatoms. The first-order valence-corrected chi connectivity index (χ1v) is 6.33. The van der Waals surface area contributed by atoms with Crippen LogP contribution in [0.5, 0.6) is 0 Å². The van der Waals surface area contributed by atoms with E-state index in [1.165, 1.54) is 4.90 Å². The Labute approximate surface area is 105 Å². The molecule has 0 aliphatic carbocycles. The largest absolute Gasteiger partial charge is 0.479 e. The van der Waals surface area contributed by atoms with E-state index in [9.17, 15) is 14.0 Å². The van der Waals surface area contributed by atoms with Crippen molar-refractivity contribution in [3.8, 4) is 0 Å². The van der Waals surface area contributed by atoms with Crippen LogP contribution < -0.4 is 0 Å². The molecule has 0 aromatic heterocycles. The van der Waals surface area contributed by atoms with E-state index in [-0.39, 0.29) is 37.9 Å². The van der Waals surface area contributed by atoms with Crippen LogP contribution in [0.1, 0.15) is 32.1 Å². The standard InChI is InChI=1S/C12H18FNO4/c13-12(11(16)17)4-5-14(8-12)10(15)7-9-3-1-2-6-18-9/h9H,1-8H2,(H,16,17). The molecular weight excluding hydrogens is 241 g/mol. The summed E-state index contributed by atoms with van der Waals surface area (Å²) in [4.78, 5) is 24.0. The highest BCUT2D eigenvalue weighted by molar-refractivity contribution is 5.82. The maximum atomic E-state index is 13.8. The highest BCUT2D eigenvalue weighted by Crippen LogP contribution is 2.27. The summed E-state index contributed by atoms with van der Waals surface area (Å²) in [6.45, 7) is 0.502. The molecule has 2 aliphatic heterocycles. The van der Waals surface area contributed by atoms with Crippen molar-refractivity contribution in [3.63, 3.8) is 0 Å². The number of carbonyl (C=O) groups is 2. The van der Waals surface area contributed by atoms with Gasteiger partial charge in [-0.3, -0.25) is 4.79 Å². The maximum Gasteiger partial charge on any atom is 0.343 e. The number of ether oxygens (including phenoxy) is 1. The third-order valence-electron chi connectivity index (χ3n) is 3.63. The number of hydrogen-bond acceptors (Lipinski definition) is 3. The van der Waals surface area contributed by atoms with Crippen molar-refractivity contribution < 1.29 is 23.8 Å². The zero-order chi connectivity index (χ0) is 13.2. The molecule has 18 heavy (non-hydrogen) atoms. The number of carboxylic acids is 1. The molecule has 2 heterocycles. The van der Waals surface area contributed by atoms with Gasteiger partial charge in [-0.05, 0) is 19.3 Å². The molecule has 1 N–H and O–H groups in total. The Bertz CT molecular complexity index is 343. The number of halogens is 1. The summed E-state index contributed by atoms with van der Waals surface area (Å²) in [5.41, 5.74) is -2.27. The Morgan fingerprint density at radius 3 is 2.78 bits per heavy atom. The number of alkyl halides is 1. The van der Waals surface area contributed by atoms with E-state index >= 15 is 0 Å². The topological polar surface area (TPSA) is 66.8 Å². The van der Waals surface area contributed by atoms with Gasteiger partial charge in [0.2, 0.25) is 11.6 Å². The second-order valence-electron chi connectivity index (χ2n) is 5.03. The van der Waals surface area contributed by atoms with Gasteiger partial charge < -0.3 is 14.7 Å². The zero-order valence-corrected chi connectivity index (χ0v) is 10.2. The lowest BCUT2D eigenvalue weighted by Crippen LogP contribution is -2.40. The molecule has 102 valence electrons. The molecule has 2 fully saturated rings. The van der Waals surface area contributed by atoms with Crippen LogP contribution in [-0.4, -0.2) is 53.4 Å². The molecule has 0 saturated carbocycles. The number of likely N-dealkylation sites (tertiary alicyclic amines) is 1. The van der Waals surface area contributed by atoms with E-state index in [0.717, 1.165) is 19.3 Å². The number of nitrogens with zero attached hydrogens (tertiary/aromatic N) is 1. The van der Waals surface area contributed by atoms with E-state index in [2.05, 4.69) is 0 Å². The Balaban J connectivity index is 1.85. The van der Waals surface area contributed by atoms with E-state index in [1.807, 2.05) is 0 Å². The first-order valence-electron chi connectivity index (χ1n) is 6.33. The molecule has 0 spiro atoms. The number of carbonyl (C=O) groups excluding carboxylic acids is 1. The van der Waals surface area contributed by atoms with Crippen LogP contribution in [0.15, 0.2) is 0 Å². The van der Waals surface area contributed by atoms with Crippen LogP contribution in [0.25, 0.3) is 0 Å². The SMILES string of the molecule is O=C(CC1CCCCO1)N1CCC(F)(C(=O)O)C1. The summed E-state index contributed by atoms with van der Waals surface area (Å²) >= 11 is 0. The van der Waals surface area contributed by atoms with Gasteiger partial charge in [-0.15, -0.1) is 0 Å². The van der Waals surface area contributed by atoms with E-state index in [0.29, 0.717) is 6.61 Å². The Morgan fingerprint density at radius 2 is 2.22 bits per heavy atom. The van der Waals surface area contributed by atoms with Gasteiger partial charge in [0.05, 0.1) is 19.1 Å². The smallest absolute Gasteiger partial charge is 0.343 e. The number of rotatable bonds is 3. The van der Waals surface area contributed by atoms with Gasteiger partial charge >= 0.3 is 5.97 Å². The average molecular weight is 259 g/mol. The highest BCUT2D eigenvalue weighted by atomic mass is 19.1. The minimum Gasteiger partial charge on any atom is -0.479 e. The molecule has 0 aromatic carbocycles. The minimum atomic E-state index is -2.27. The second kappa shape index (κ2) is 5.22. The number of hydrogen-bond donors (Lipinski definition) is 1. The molecule has 2 unspecified atom stereocenters. The van der Waals surface area contributed by atoms with Crippen LogP contribution in [0.3, 0.4) is 0 Å². The fourth-order valence-electron chi connectivity index (χ4n) is 2.45. The highest BCUT2D eigenvalue weighted by Gasteiger charge is 2.46. The van der Waals surface area contributed by atoms with Gasteiger partial charge in [-0.1, -0.05) is 0 Å². The average Bonchev–Trinajstić information content (AvgIpc) is 2.75. The van der Waals surface area contributed by atoms with Crippen molar-refractivity contribution >= 4 is 11.9 Å². The lowest BCUT2D eigenvalue weighted by Gasteiger charge is -2.24. The Hall–Kier alpha value is -1.17. The fourth-order valence-corrected chi connectivity index (χ4v) is 2.45. The summed E-state index contributed by atoms with van der Waals surface area (Å²) in [7, 11) is 0. The summed E-state index contributed by atoms with van der Waals surface area (Å²) in [5.74, 6) is -1.69. The Morgan fingerprint density at radius 1 is 1.44 bits per heavy atom. The predicted octanol–water partition coefficient (Wildman–Crippen LogP) is 0.971. The zero-order valence-electron chi connectivity index (χ0n) is 10.2. The molecule has 1 amide bonds. The normalized spacial score (nSPS) is 32.5. The van der Waals surface area contributed by atoms with Crippen molar-refractivity contribution in [1.29, 1.82) is 0 Å². The molecule has 0 aromatic rings. The second-order valence-corrected chi connectivity index (χ2v) is 5.03. The van der Waals surface area contributed by atoms with E-state index in [4.69, 9.17) is 9.84 Å². The summed E-state index contributed by atoms with van der Waals surface area (Å²) in [6, 6.07) is 0. The summed E-state index contributed by atoms with van der Waals surface area (Å²) < 4.78 is 19.2. The molecule has 5 nitrogen and oxygen atoms in total. The summed E-state index contributed by atoms with van der Waals surface area (Å²) in [5, 5.41) is 8.76. The fraction of sp³-hybridized carbons (Fsp3) is 0.833. The lowest BCUT2D eigenvalue weighted by atomic mass is 10.1. The van der Waals surface area contributed by atoms with Gasteiger partial charge in [-0.25, -0.2) is 9.18 Å². The first-order chi connectivity index (χ1) is 8.51. The maximum absolute atomic E-state index is 13.8. The van der Waals surface area contributed by atoms with Gasteiger partial charge in [-0.2, -0.15) is 0 Å². The molecule has 2 atom stereocenters. The first kappa shape index (κ1) is 13.3. The lowest BCUT2D eigenvalue weighted by molar-refractivity contribution is -0.150. The molecule has 0 bridgehead atoms. The molecule has 2 saturated heterocycles. The molecule has 2 rings (SSSR count). The van der Waals surface area contributed by atoms with Crippen molar-refractivity contribution in [3.05, 3.63) is 0 Å². The third-order valence-corrected chi connectivity index (χ3v) is 3.63. The predicted molar refractivity (Wildman–Crippen MR) is 60.9 cm³/mol. The Kier molecular flexibility index (Phi) is 3.85. The van der Waals surface area contributed by atoms with Gasteiger partial charge in [0.1, 0.15) is 0 Å². The van der Waals surface area contributed by atoms with Crippen LogP contribution in [0.4, 0.5) is 4.39 Å². The number of aliphatic carboxylic acids is 1. The van der Waals surface area contributed by atoms with Gasteiger partial charge in [0.15, 0.2) is 0 Å². The number of amides is 1. The van der Waals surface area contributed by atoms with Crippen LogP contribution in [0.2, 0.25) is 0 Å². The summed E-state index contributed by atoms with van der Waals surface area (Å²) in [6.07, 6.45) is 2.92. The van der Waals surface area contributed by atoms with Crippen molar-refractivity contribution in [2.24, 2.45) is 0 Å². The molecular formula is C12H18FNO4. The van der Waals surface area contributed by atoms with Crippen molar-refractivity contribution in [2.45, 2.75) is 43.9 Å². The van der Waals surface area contributed by atoms with Crippen LogP contribution in [0, 0.1) is 0 Å². The van der Waals surface area contributed by atoms with Gasteiger partial charge in [0.25, 0.3) is 0 Å². The van der Waals surface area contributed by atoms with Gasteiger partial charge in [0, 0.05) is 19.6 Å². The van der Waals surface area contributed by atoms with Crippen LogP contribution >= 0.6 is 0 Å². The third kappa shape index (κ3) is 2.80. The van der Waals surface area contributed by atoms with E-state index in [1.54, 1.807) is 0 Å². The monoisotopic (exact) mass is 259 g/mol. The minimum absolute atomic E-state index is 0.0920. The van der Waals surface area contributed by atoms with Crippen molar-refractivity contribution in [1.82, 2.24) is 4.90 Å².